The third-order valence-corrected chi connectivity index (χ3v) is 3.87. The first-order valence-corrected chi connectivity index (χ1v) is 6.83. The minimum atomic E-state index is -1.62. The van der Waals surface area contributed by atoms with Crippen LogP contribution in [0.25, 0.3) is 0 Å². The zero-order chi connectivity index (χ0) is 16.6. The van der Waals surface area contributed by atoms with Crippen LogP contribution in [0.2, 0.25) is 0 Å². The molecule has 0 saturated heterocycles. The van der Waals surface area contributed by atoms with Crippen LogP contribution in [0.4, 0.5) is 0 Å². The Balaban J connectivity index is 2.55. The van der Waals surface area contributed by atoms with Crippen LogP contribution in [0.1, 0.15) is 40.1 Å². The number of carboxylic acids is 1. The van der Waals surface area contributed by atoms with Crippen molar-refractivity contribution in [3.63, 3.8) is 0 Å². The second-order valence-corrected chi connectivity index (χ2v) is 5.15. The van der Waals surface area contributed by atoms with Gasteiger partial charge in [-0.05, 0) is 18.1 Å². The number of rotatable bonds is 5. The molecule has 1 aromatic rings. The van der Waals surface area contributed by atoms with E-state index in [1.54, 1.807) is 12.1 Å². The number of aliphatic carboxylic acids is 1. The lowest BCUT2D eigenvalue weighted by molar-refractivity contribution is -0.145. The highest BCUT2D eigenvalue weighted by Crippen LogP contribution is 2.30. The van der Waals surface area contributed by atoms with Crippen LogP contribution in [-0.2, 0) is 16.0 Å². The molecule has 7 nitrogen and oxygen atoms in total. The maximum absolute atomic E-state index is 12.5. The van der Waals surface area contributed by atoms with Crippen LogP contribution >= 0.6 is 0 Å². The normalized spacial score (nSPS) is 16.4. The van der Waals surface area contributed by atoms with Gasteiger partial charge in [0.15, 0.2) is 0 Å². The van der Waals surface area contributed by atoms with Crippen LogP contribution in [-0.4, -0.2) is 39.7 Å². The summed E-state index contributed by atoms with van der Waals surface area (Å²) in [7, 11) is 0. The van der Waals surface area contributed by atoms with Gasteiger partial charge in [0.2, 0.25) is 5.91 Å². The first-order chi connectivity index (χ1) is 10.3. The second kappa shape index (κ2) is 5.59. The molecule has 3 N–H and O–H groups in total. The molecule has 1 aromatic carbocycles. The first kappa shape index (κ1) is 15.7. The number of aryl methyl sites for hydroxylation is 1. The molecule has 1 aliphatic rings. The van der Waals surface area contributed by atoms with Crippen molar-refractivity contribution >= 4 is 23.7 Å². The molecular weight excluding hydrogens is 288 g/mol. The Bertz CT molecular complexity index is 683. The fourth-order valence-corrected chi connectivity index (χ4v) is 2.62. The Kier molecular flexibility index (Phi) is 3.99. The fraction of sp³-hybridized carbons (Fsp3) is 0.333. The molecule has 2 rings (SSSR count). The highest BCUT2D eigenvalue weighted by atomic mass is 16.4. The lowest BCUT2D eigenvalue weighted by Crippen LogP contribution is -2.51. The van der Waals surface area contributed by atoms with Crippen molar-refractivity contribution in [2.45, 2.75) is 26.3 Å². The fourth-order valence-electron chi connectivity index (χ4n) is 2.62. The number of fused-ring (bicyclic) bond motifs is 1. The Hall–Kier alpha value is -2.70. The minimum absolute atomic E-state index is 0.160. The van der Waals surface area contributed by atoms with E-state index >= 15 is 0 Å². The van der Waals surface area contributed by atoms with Crippen molar-refractivity contribution in [3.05, 3.63) is 34.9 Å². The van der Waals surface area contributed by atoms with E-state index in [0.29, 0.717) is 16.9 Å². The number of hydrogen-bond acceptors (Lipinski definition) is 4. The quantitative estimate of drug-likeness (QED) is 0.764. The van der Waals surface area contributed by atoms with E-state index in [1.807, 2.05) is 6.92 Å². The molecule has 0 aliphatic carbocycles. The van der Waals surface area contributed by atoms with Crippen LogP contribution < -0.4 is 5.73 Å². The van der Waals surface area contributed by atoms with Gasteiger partial charge in [0.25, 0.3) is 11.8 Å². The summed E-state index contributed by atoms with van der Waals surface area (Å²) in [6, 6.07) is 3.21. The van der Waals surface area contributed by atoms with Crippen LogP contribution in [0.5, 0.6) is 0 Å². The zero-order valence-electron chi connectivity index (χ0n) is 12.2. The SMILES string of the molecule is CCc1cccc2c1C(=O)N(C(C(=O)O)C(C)C(N)=O)C2=O. The topological polar surface area (TPSA) is 118 Å². The molecule has 3 amide bonds. The van der Waals surface area contributed by atoms with Gasteiger partial charge in [-0.2, -0.15) is 0 Å². The molecule has 22 heavy (non-hydrogen) atoms. The number of amides is 3. The molecule has 0 radical (unpaired) electrons. The van der Waals surface area contributed by atoms with E-state index in [9.17, 15) is 24.3 Å². The molecule has 1 aliphatic heterocycles. The number of hydrogen-bond donors (Lipinski definition) is 2. The monoisotopic (exact) mass is 304 g/mol. The number of primary amides is 1. The summed E-state index contributed by atoms with van der Waals surface area (Å²) in [6.45, 7) is 3.11. The third-order valence-electron chi connectivity index (χ3n) is 3.87. The van der Waals surface area contributed by atoms with Gasteiger partial charge < -0.3 is 10.8 Å². The van der Waals surface area contributed by atoms with E-state index in [4.69, 9.17) is 5.73 Å². The lowest BCUT2D eigenvalue weighted by Gasteiger charge is -2.26. The average molecular weight is 304 g/mol. The molecule has 0 saturated carbocycles. The molecule has 7 heteroatoms. The Morgan fingerprint density at radius 3 is 2.41 bits per heavy atom. The number of carbonyl (C=O) groups excluding carboxylic acids is 3. The number of benzene rings is 1. The van der Waals surface area contributed by atoms with Gasteiger partial charge in [-0.15, -0.1) is 0 Å². The standard InChI is InChI=1S/C15H16N2O5/c1-3-8-5-4-6-9-10(8)14(20)17(13(9)19)11(15(21)22)7(2)12(16)18/h4-7,11H,3H2,1-2H3,(H2,16,18)(H,21,22). The van der Waals surface area contributed by atoms with Crippen LogP contribution in [0.15, 0.2) is 18.2 Å². The van der Waals surface area contributed by atoms with Gasteiger partial charge in [0.05, 0.1) is 17.0 Å². The van der Waals surface area contributed by atoms with E-state index in [0.717, 1.165) is 0 Å². The van der Waals surface area contributed by atoms with Crippen molar-refractivity contribution in [2.75, 3.05) is 0 Å². The van der Waals surface area contributed by atoms with Crippen molar-refractivity contribution in [1.82, 2.24) is 4.90 Å². The number of nitrogens with two attached hydrogens (primary N) is 1. The zero-order valence-corrected chi connectivity index (χ0v) is 12.2. The van der Waals surface area contributed by atoms with E-state index in [1.165, 1.54) is 13.0 Å². The molecular formula is C15H16N2O5. The lowest BCUT2D eigenvalue weighted by atomic mass is 9.99. The van der Waals surface area contributed by atoms with Crippen LogP contribution in [0, 0.1) is 5.92 Å². The largest absolute Gasteiger partial charge is 0.480 e. The number of carbonyl (C=O) groups is 4. The summed E-state index contributed by atoms with van der Waals surface area (Å²) in [4.78, 5) is 48.4. The highest BCUT2D eigenvalue weighted by Gasteiger charge is 2.47. The van der Waals surface area contributed by atoms with Crippen molar-refractivity contribution in [2.24, 2.45) is 11.7 Å². The summed E-state index contributed by atoms with van der Waals surface area (Å²) < 4.78 is 0. The summed E-state index contributed by atoms with van der Waals surface area (Å²) in [5.74, 6) is -4.93. The summed E-state index contributed by atoms with van der Waals surface area (Å²) in [5.41, 5.74) is 6.17. The summed E-state index contributed by atoms with van der Waals surface area (Å²) >= 11 is 0. The van der Waals surface area contributed by atoms with Gasteiger partial charge in [-0.1, -0.05) is 26.0 Å². The highest BCUT2D eigenvalue weighted by molar-refractivity contribution is 6.23. The minimum Gasteiger partial charge on any atom is -0.480 e. The number of imide groups is 1. The van der Waals surface area contributed by atoms with Crippen molar-refractivity contribution in [3.8, 4) is 0 Å². The predicted molar refractivity (Wildman–Crippen MR) is 76.1 cm³/mol. The first-order valence-electron chi connectivity index (χ1n) is 6.83. The molecule has 0 aromatic heterocycles. The van der Waals surface area contributed by atoms with E-state index in [-0.39, 0.29) is 11.1 Å². The Morgan fingerprint density at radius 2 is 1.91 bits per heavy atom. The van der Waals surface area contributed by atoms with Gasteiger partial charge in [-0.25, -0.2) is 4.79 Å². The van der Waals surface area contributed by atoms with Gasteiger partial charge in [0.1, 0.15) is 6.04 Å². The van der Waals surface area contributed by atoms with E-state index < -0.39 is 35.7 Å². The maximum Gasteiger partial charge on any atom is 0.327 e. The van der Waals surface area contributed by atoms with Crippen LogP contribution in [0.3, 0.4) is 0 Å². The van der Waals surface area contributed by atoms with Crippen molar-refractivity contribution < 1.29 is 24.3 Å². The molecule has 2 atom stereocenters. The van der Waals surface area contributed by atoms with Gasteiger partial charge >= 0.3 is 5.97 Å². The smallest absolute Gasteiger partial charge is 0.327 e. The third kappa shape index (κ3) is 2.24. The van der Waals surface area contributed by atoms with Gasteiger partial charge in [-0.3, -0.25) is 19.3 Å². The maximum atomic E-state index is 12.5. The number of nitrogens with zero attached hydrogens (tertiary/aromatic N) is 1. The number of carboxylic acid groups (broad SMARTS) is 1. The summed E-state index contributed by atoms with van der Waals surface area (Å²) in [6.07, 6.45) is 0.527. The molecule has 116 valence electrons. The molecule has 0 spiro atoms. The van der Waals surface area contributed by atoms with Crippen molar-refractivity contribution in [1.29, 1.82) is 0 Å². The molecule has 2 unspecified atom stereocenters. The second-order valence-electron chi connectivity index (χ2n) is 5.15. The Morgan fingerprint density at radius 1 is 1.27 bits per heavy atom. The molecule has 0 bridgehead atoms. The summed E-state index contributed by atoms with van der Waals surface area (Å²) in [5, 5.41) is 9.34. The van der Waals surface area contributed by atoms with Gasteiger partial charge in [0, 0.05) is 0 Å². The van der Waals surface area contributed by atoms with E-state index in [2.05, 4.69) is 0 Å². The average Bonchev–Trinajstić information content (AvgIpc) is 2.72. The molecule has 0 fully saturated rings. The predicted octanol–water partition coefficient (Wildman–Crippen LogP) is 0.420. The Labute approximate surface area is 126 Å². The molecule has 1 heterocycles.